The number of aryl methyl sites for hydroxylation is 3. The Kier molecular flexibility index (Phi) is 5.91. The van der Waals surface area contributed by atoms with E-state index in [2.05, 4.69) is 29.2 Å². The fourth-order valence-electron chi connectivity index (χ4n) is 4.12. The smallest absolute Gasteiger partial charge is 0.226 e. The first kappa shape index (κ1) is 20.1. The quantitative estimate of drug-likeness (QED) is 0.448. The molecule has 0 fully saturated rings. The maximum absolute atomic E-state index is 6.40. The van der Waals surface area contributed by atoms with Crippen LogP contribution in [0.3, 0.4) is 0 Å². The van der Waals surface area contributed by atoms with Crippen molar-refractivity contribution in [3.05, 3.63) is 70.9 Å². The molecule has 0 saturated carbocycles. The molecule has 31 heavy (non-hydrogen) atoms. The summed E-state index contributed by atoms with van der Waals surface area (Å²) >= 11 is 1.79. The van der Waals surface area contributed by atoms with Gasteiger partial charge in [-0.15, -0.1) is 11.3 Å². The van der Waals surface area contributed by atoms with Gasteiger partial charge in [0.1, 0.15) is 11.4 Å². The standard InChI is InChI=1S/C25H26N4OS/c26-19(11-10-17-6-2-1-3-7-17)16-30-24-22-20-8-4-5-9-21(20)31-25(22)29-23(28-24)18-12-14-27-15-13-18/h1-3,6-7,12-15,19H,4-5,8-11,16,26H2. The molecule has 3 aromatic heterocycles. The fourth-order valence-corrected chi connectivity index (χ4v) is 5.38. The van der Waals surface area contributed by atoms with E-state index in [1.165, 1.54) is 28.8 Å². The minimum Gasteiger partial charge on any atom is -0.475 e. The number of hydrogen-bond donors (Lipinski definition) is 1. The lowest BCUT2D eigenvalue weighted by Crippen LogP contribution is -2.28. The molecule has 0 radical (unpaired) electrons. The zero-order chi connectivity index (χ0) is 21.0. The number of nitrogens with two attached hydrogens (primary N) is 1. The van der Waals surface area contributed by atoms with Gasteiger partial charge in [0.15, 0.2) is 5.82 Å². The van der Waals surface area contributed by atoms with Gasteiger partial charge >= 0.3 is 0 Å². The number of pyridine rings is 1. The molecule has 2 N–H and O–H groups in total. The molecule has 0 amide bonds. The highest BCUT2D eigenvalue weighted by Crippen LogP contribution is 2.40. The van der Waals surface area contributed by atoms with Crippen molar-refractivity contribution in [2.45, 2.75) is 44.6 Å². The van der Waals surface area contributed by atoms with Crippen LogP contribution < -0.4 is 10.5 Å². The van der Waals surface area contributed by atoms with Crippen molar-refractivity contribution in [1.82, 2.24) is 15.0 Å². The minimum atomic E-state index is -0.0518. The van der Waals surface area contributed by atoms with Gasteiger partial charge in [-0.3, -0.25) is 4.98 Å². The Morgan fingerprint density at radius 1 is 1.00 bits per heavy atom. The monoisotopic (exact) mass is 430 g/mol. The van der Waals surface area contributed by atoms with E-state index < -0.39 is 0 Å². The Morgan fingerprint density at radius 3 is 2.65 bits per heavy atom. The van der Waals surface area contributed by atoms with Gasteiger partial charge in [-0.25, -0.2) is 4.98 Å². The predicted octanol–water partition coefficient (Wildman–Crippen LogP) is 4.97. The molecule has 1 aliphatic carbocycles. The van der Waals surface area contributed by atoms with E-state index in [0.717, 1.165) is 41.5 Å². The van der Waals surface area contributed by atoms with Crippen LogP contribution in [0.25, 0.3) is 21.6 Å². The zero-order valence-electron chi connectivity index (χ0n) is 17.5. The molecule has 0 bridgehead atoms. The van der Waals surface area contributed by atoms with E-state index in [9.17, 15) is 0 Å². The van der Waals surface area contributed by atoms with Crippen LogP contribution in [-0.2, 0) is 19.3 Å². The van der Waals surface area contributed by atoms with E-state index in [1.807, 2.05) is 18.2 Å². The van der Waals surface area contributed by atoms with Crippen LogP contribution in [0.1, 0.15) is 35.3 Å². The zero-order valence-corrected chi connectivity index (χ0v) is 18.3. The number of rotatable bonds is 7. The summed E-state index contributed by atoms with van der Waals surface area (Å²) in [7, 11) is 0. The topological polar surface area (TPSA) is 73.9 Å². The molecule has 1 aliphatic rings. The van der Waals surface area contributed by atoms with Crippen LogP contribution in [0.15, 0.2) is 54.9 Å². The van der Waals surface area contributed by atoms with Crippen LogP contribution in [0.5, 0.6) is 5.88 Å². The number of nitrogens with zero attached hydrogens (tertiary/aromatic N) is 3. The minimum absolute atomic E-state index is 0.0518. The molecular weight excluding hydrogens is 404 g/mol. The van der Waals surface area contributed by atoms with Gasteiger partial charge in [0.2, 0.25) is 5.88 Å². The summed E-state index contributed by atoms with van der Waals surface area (Å²) in [6.45, 7) is 0.444. The van der Waals surface area contributed by atoms with Gasteiger partial charge in [-0.2, -0.15) is 4.98 Å². The van der Waals surface area contributed by atoms with Crippen molar-refractivity contribution in [2.24, 2.45) is 5.73 Å². The highest BCUT2D eigenvalue weighted by atomic mass is 32.1. The Bertz CT molecular complexity index is 1160. The van der Waals surface area contributed by atoms with Crippen LogP contribution in [0, 0.1) is 0 Å². The lowest BCUT2D eigenvalue weighted by atomic mass is 9.97. The van der Waals surface area contributed by atoms with Crippen molar-refractivity contribution in [2.75, 3.05) is 6.61 Å². The molecule has 5 rings (SSSR count). The Labute approximate surface area is 186 Å². The first-order valence-corrected chi connectivity index (χ1v) is 11.7. The van der Waals surface area contributed by atoms with Gasteiger partial charge in [0.05, 0.1) is 5.39 Å². The van der Waals surface area contributed by atoms with Gasteiger partial charge in [0, 0.05) is 28.9 Å². The predicted molar refractivity (Wildman–Crippen MR) is 126 cm³/mol. The Morgan fingerprint density at radius 2 is 1.81 bits per heavy atom. The van der Waals surface area contributed by atoms with E-state index >= 15 is 0 Å². The lowest BCUT2D eigenvalue weighted by molar-refractivity contribution is 0.275. The number of benzene rings is 1. The number of thiophene rings is 1. The van der Waals surface area contributed by atoms with E-state index in [4.69, 9.17) is 20.4 Å². The highest BCUT2D eigenvalue weighted by molar-refractivity contribution is 7.18. The number of fused-ring (bicyclic) bond motifs is 3. The van der Waals surface area contributed by atoms with E-state index in [1.54, 1.807) is 23.7 Å². The highest BCUT2D eigenvalue weighted by Gasteiger charge is 2.22. The third-order valence-electron chi connectivity index (χ3n) is 5.80. The van der Waals surface area contributed by atoms with Crippen molar-refractivity contribution in [3.63, 3.8) is 0 Å². The molecule has 4 aromatic rings. The van der Waals surface area contributed by atoms with Gasteiger partial charge in [-0.05, 0) is 61.8 Å². The fraction of sp³-hybridized carbons (Fsp3) is 0.320. The van der Waals surface area contributed by atoms with Crippen LogP contribution in [-0.4, -0.2) is 27.6 Å². The lowest BCUT2D eigenvalue weighted by Gasteiger charge is -2.15. The summed E-state index contributed by atoms with van der Waals surface area (Å²) < 4.78 is 6.27. The first-order valence-electron chi connectivity index (χ1n) is 10.9. The van der Waals surface area contributed by atoms with Crippen LogP contribution >= 0.6 is 11.3 Å². The number of ether oxygens (including phenoxy) is 1. The van der Waals surface area contributed by atoms with Crippen molar-refractivity contribution in [3.8, 4) is 17.3 Å². The summed E-state index contributed by atoms with van der Waals surface area (Å²) in [6.07, 6.45) is 10.00. The summed E-state index contributed by atoms with van der Waals surface area (Å²) in [5, 5.41) is 1.09. The van der Waals surface area contributed by atoms with Crippen molar-refractivity contribution < 1.29 is 4.74 Å². The largest absolute Gasteiger partial charge is 0.475 e. The average Bonchev–Trinajstić information content (AvgIpc) is 3.21. The molecule has 158 valence electrons. The average molecular weight is 431 g/mol. The number of aromatic nitrogens is 3. The summed E-state index contributed by atoms with van der Waals surface area (Å²) in [4.78, 5) is 16.3. The van der Waals surface area contributed by atoms with E-state index in [-0.39, 0.29) is 6.04 Å². The molecule has 5 nitrogen and oxygen atoms in total. The summed E-state index contributed by atoms with van der Waals surface area (Å²) in [6, 6.07) is 14.3. The van der Waals surface area contributed by atoms with Crippen molar-refractivity contribution >= 4 is 21.6 Å². The maximum Gasteiger partial charge on any atom is 0.226 e. The third-order valence-corrected chi connectivity index (χ3v) is 6.99. The van der Waals surface area contributed by atoms with E-state index in [0.29, 0.717) is 18.3 Å². The third kappa shape index (κ3) is 4.45. The normalized spacial score (nSPS) is 14.4. The molecule has 1 aromatic carbocycles. The second-order valence-electron chi connectivity index (χ2n) is 8.07. The Hall–Kier alpha value is -2.83. The number of hydrogen-bond acceptors (Lipinski definition) is 6. The molecule has 1 atom stereocenters. The maximum atomic E-state index is 6.40. The van der Waals surface area contributed by atoms with Crippen molar-refractivity contribution in [1.29, 1.82) is 0 Å². The second kappa shape index (κ2) is 9.12. The van der Waals surface area contributed by atoms with Gasteiger partial charge < -0.3 is 10.5 Å². The van der Waals surface area contributed by atoms with Gasteiger partial charge in [0.25, 0.3) is 0 Å². The summed E-state index contributed by atoms with van der Waals surface area (Å²) in [5.74, 6) is 1.35. The second-order valence-corrected chi connectivity index (χ2v) is 9.16. The molecule has 6 heteroatoms. The first-order chi connectivity index (χ1) is 15.3. The van der Waals surface area contributed by atoms with Crippen LogP contribution in [0.4, 0.5) is 0 Å². The van der Waals surface area contributed by atoms with Crippen LogP contribution in [0.2, 0.25) is 0 Å². The Balaban J connectivity index is 1.41. The molecular formula is C25H26N4OS. The molecule has 1 unspecified atom stereocenters. The van der Waals surface area contributed by atoms with Gasteiger partial charge in [-0.1, -0.05) is 30.3 Å². The molecule has 0 saturated heterocycles. The summed E-state index contributed by atoms with van der Waals surface area (Å²) in [5.41, 5.74) is 10.0. The SMILES string of the molecule is NC(CCc1ccccc1)COc1nc(-c2ccncc2)nc2sc3c(c12)CCCC3. The molecule has 0 spiro atoms. The molecule has 0 aliphatic heterocycles. The molecule has 3 heterocycles.